The molecule has 48 heavy (non-hydrogen) atoms. The van der Waals surface area contributed by atoms with Gasteiger partial charge in [0.15, 0.2) is 0 Å². The Kier molecular flexibility index (Phi) is 6.37. The molecule has 0 unspecified atom stereocenters. The van der Waals surface area contributed by atoms with E-state index in [9.17, 15) is 9.90 Å². The lowest BCUT2D eigenvalue weighted by atomic mass is 9.49. The van der Waals surface area contributed by atoms with Crippen molar-refractivity contribution >= 4 is 74.6 Å². The predicted octanol–water partition coefficient (Wildman–Crippen LogP) is 4.56. The number of hydrogen-bond acceptors (Lipinski definition) is 7. The second-order valence-electron chi connectivity index (χ2n) is 12.4. The maximum absolute atomic E-state index is 14.3. The highest BCUT2D eigenvalue weighted by atomic mass is 16.5. The lowest BCUT2D eigenvalue weighted by Gasteiger charge is -2.30. The summed E-state index contributed by atoms with van der Waals surface area (Å²) in [5.74, 6) is 1.40. The standard InChI is InChI=1S/C39H29B2N3O4/c1-47-26-15-11-24(12-16-26)40-21-30-28(19-9-22-5-3-7-31(42-40)33(22)30)35-38(45)36(39(35)46)29-20-10-23-6-4-8-32-34(23)37(29)44-41(43-32)25-13-17-27(48-2)18-14-25/h3-20,42-43,45H,21H2,1-2H3. The number of nitrogens with one attached hydrogen (secondary N) is 2. The summed E-state index contributed by atoms with van der Waals surface area (Å²) < 4.78 is 10.7. The summed E-state index contributed by atoms with van der Waals surface area (Å²) in [7, 11) is 3.30. The maximum atomic E-state index is 14.3. The van der Waals surface area contributed by atoms with Crippen molar-refractivity contribution < 1.29 is 19.4 Å². The van der Waals surface area contributed by atoms with Gasteiger partial charge in [-0.2, -0.15) is 0 Å². The van der Waals surface area contributed by atoms with Crippen LogP contribution in [0.4, 0.5) is 11.4 Å². The lowest BCUT2D eigenvalue weighted by Crippen LogP contribution is -2.46. The third kappa shape index (κ3) is 4.24. The second kappa shape index (κ2) is 10.8. The van der Waals surface area contributed by atoms with E-state index in [1.807, 2.05) is 84.9 Å². The van der Waals surface area contributed by atoms with Gasteiger partial charge in [-0.05, 0) is 70.1 Å². The first-order valence-electron chi connectivity index (χ1n) is 16.0. The number of nitrogens with zero attached hydrogens (tertiary/aromatic N) is 1. The van der Waals surface area contributed by atoms with Crippen LogP contribution in [0.2, 0.25) is 0 Å². The number of benzene rings is 6. The number of ketones is 1. The minimum Gasteiger partial charge on any atom is -0.506 e. The Hall–Kier alpha value is -5.95. The van der Waals surface area contributed by atoms with Gasteiger partial charge in [0, 0.05) is 27.4 Å². The van der Waals surface area contributed by atoms with Crippen LogP contribution in [-0.4, -0.2) is 38.9 Å². The summed E-state index contributed by atoms with van der Waals surface area (Å²) in [5.41, 5.74) is 6.49. The van der Waals surface area contributed by atoms with Crippen molar-refractivity contribution in [3.8, 4) is 11.5 Å². The number of allylic oxidation sites excluding steroid dienone is 2. The molecule has 3 aliphatic rings. The first-order chi connectivity index (χ1) is 23.5. The van der Waals surface area contributed by atoms with E-state index in [0.717, 1.165) is 66.5 Å². The molecule has 0 saturated heterocycles. The highest BCUT2D eigenvalue weighted by molar-refractivity contribution is 6.77. The van der Waals surface area contributed by atoms with Crippen LogP contribution in [0.1, 0.15) is 11.1 Å². The number of Topliss-reactive ketones (excluding diaryl/α,β-unsaturated/α-hetero) is 1. The average molecular weight is 625 g/mol. The molecule has 6 aromatic rings. The molecule has 0 bridgehead atoms. The van der Waals surface area contributed by atoms with Gasteiger partial charge in [0.05, 0.1) is 30.7 Å². The predicted molar refractivity (Wildman–Crippen MR) is 194 cm³/mol. The van der Waals surface area contributed by atoms with E-state index < -0.39 is 0 Å². The third-order valence-corrected chi connectivity index (χ3v) is 9.88. The van der Waals surface area contributed by atoms with Crippen LogP contribution in [0.5, 0.6) is 11.5 Å². The molecule has 2 heterocycles. The number of hydrogen-bond donors (Lipinski definition) is 3. The molecule has 0 fully saturated rings. The summed E-state index contributed by atoms with van der Waals surface area (Å²) in [5, 5.41) is 24.5. The number of aliphatic hydroxyl groups excluding tert-OH is 1. The van der Waals surface area contributed by atoms with Crippen LogP contribution in [-0.2, 0) is 11.1 Å². The van der Waals surface area contributed by atoms with Crippen LogP contribution < -0.4 is 41.4 Å². The molecule has 230 valence electrons. The van der Waals surface area contributed by atoms with E-state index in [2.05, 4.69) is 34.7 Å². The molecule has 7 nitrogen and oxygen atoms in total. The Morgan fingerprint density at radius 3 is 1.98 bits per heavy atom. The first-order valence-corrected chi connectivity index (χ1v) is 16.0. The van der Waals surface area contributed by atoms with Crippen molar-refractivity contribution in [2.24, 2.45) is 4.90 Å². The van der Waals surface area contributed by atoms with E-state index in [-0.39, 0.29) is 25.4 Å². The SMILES string of the molecule is COc1ccc(B2Cc3c(C4=C(O)C(=c5ccc6cccc7c6c5=NB(c5ccc(OC)cc5)N7)C4=O)ccc4cccc(c34)N2)cc1. The minimum absolute atomic E-state index is 0.00965. The van der Waals surface area contributed by atoms with Gasteiger partial charge in [0.2, 0.25) is 5.78 Å². The highest BCUT2D eigenvalue weighted by Gasteiger charge is 2.39. The largest absolute Gasteiger partial charge is 0.506 e. The number of aliphatic hydroxyl groups is 1. The lowest BCUT2D eigenvalue weighted by molar-refractivity contribution is -0.109. The smallest absolute Gasteiger partial charge is 0.427 e. The summed E-state index contributed by atoms with van der Waals surface area (Å²) >= 11 is 0. The molecule has 6 aromatic carbocycles. The summed E-state index contributed by atoms with van der Waals surface area (Å²) in [6.07, 6.45) is 0.657. The average Bonchev–Trinajstić information content (AvgIpc) is 3.13. The van der Waals surface area contributed by atoms with Gasteiger partial charge in [0.1, 0.15) is 17.3 Å². The quantitative estimate of drug-likeness (QED) is 0.244. The number of carbonyl (C=O) groups excluding carboxylic acids is 1. The number of carbonyl (C=O) groups is 1. The molecule has 1 aliphatic carbocycles. The Balaban J connectivity index is 1.21. The third-order valence-electron chi connectivity index (χ3n) is 9.88. The first kappa shape index (κ1) is 28.3. The van der Waals surface area contributed by atoms with Crippen LogP contribution in [0, 0.1) is 0 Å². The zero-order valence-corrected chi connectivity index (χ0v) is 26.4. The maximum Gasteiger partial charge on any atom is 0.427 e. The molecule has 0 atom stereocenters. The fraction of sp³-hybridized carbons (Fsp3) is 0.0769. The monoisotopic (exact) mass is 625 g/mol. The van der Waals surface area contributed by atoms with Gasteiger partial charge in [-0.15, -0.1) is 0 Å². The van der Waals surface area contributed by atoms with Crippen LogP contribution in [0.25, 0.3) is 32.7 Å². The normalized spacial score (nSPS) is 15.9. The van der Waals surface area contributed by atoms with E-state index in [1.165, 1.54) is 0 Å². The van der Waals surface area contributed by atoms with Gasteiger partial charge < -0.3 is 29.9 Å². The Morgan fingerprint density at radius 1 is 0.688 bits per heavy atom. The molecule has 2 aliphatic heterocycles. The Bertz CT molecular complexity index is 2500. The highest BCUT2D eigenvalue weighted by Crippen LogP contribution is 2.42. The molecule has 0 saturated carbocycles. The summed E-state index contributed by atoms with van der Waals surface area (Å²) in [6, 6.07) is 36.0. The van der Waals surface area contributed by atoms with Crippen molar-refractivity contribution in [2.45, 2.75) is 6.32 Å². The zero-order valence-electron chi connectivity index (χ0n) is 26.4. The van der Waals surface area contributed by atoms with E-state index in [1.54, 1.807) is 14.2 Å². The number of rotatable bonds is 5. The summed E-state index contributed by atoms with van der Waals surface area (Å²) in [6.45, 7) is -0.386. The Morgan fingerprint density at radius 2 is 1.31 bits per heavy atom. The molecule has 0 amide bonds. The van der Waals surface area contributed by atoms with Gasteiger partial charge in [-0.25, -0.2) is 0 Å². The van der Waals surface area contributed by atoms with Crippen LogP contribution in [0.15, 0.2) is 120 Å². The number of ether oxygens (including phenoxy) is 2. The van der Waals surface area contributed by atoms with Crippen molar-refractivity contribution in [2.75, 3.05) is 24.7 Å². The minimum atomic E-state index is -0.373. The van der Waals surface area contributed by atoms with Crippen molar-refractivity contribution in [3.05, 3.63) is 137 Å². The molecule has 0 spiro atoms. The van der Waals surface area contributed by atoms with Crippen molar-refractivity contribution in [1.82, 2.24) is 0 Å². The van der Waals surface area contributed by atoms with E-state index in [4.69, 9.17) is 14.4 Å². The topological polar surface area (TPSA) is 92.2 Å². The van der Waals surface area contributed by atoms with Crippen LogP contribution in [0.3, 0.4) is 0 Å². The Labute approximate surface area is 277 Å². The fourth-order valence-corrected chi connectivity index (χ4v) is 7.47. The molecule has 0 aromatic heterocycles. The van der Waals surface area contributed by atoms with Gasteiger partial charge in [-0.1, -0.05) is 78.3 Å². The molecule has 9 heteroatoms. The van der Waals surface area contributed by atoms with Crippen LogP contribution >= 0.6 is 0 Å². The molecule has 9 rings (SSSR count). The van der Waals surface area contributed by atoms with Crippen molar-refractivity contribution in [3.63, 3.8) is 0 Å². The van der Waals surface area contributed by atoms with E-state index in [0.29, 0.717) is 28.0 Å². The van der Waals surface area contributed by atoms with E-state index >= 15 is 0 Å². The zero-order chi connectivity index (χ0) is 32.5. The van der Waals surface area contributed by atoms with Gasteiger partial charge in [0.25, 0.3) is 6.85 Å². The summed E-state index contributed by atoms with van der Waals surface area (Å²) in [4.78, 5) is 19.4. The number of methoxy groups -OCH3 is 2. The van der Waals surface area contributed by atoms with Gasteiger partial charge in [-0.3, -0.25) is 4.79 Å². The molecule has 3 N–H and O–H groups in total. The fourth-order valence-electron chi connectivity index (χ4n) is 7.47. The van der Waals surface area contributed by atoms with Crippen molar-refractivity contribution in [1.29, 1.82) is 0 Å². The molecular formula is C39H29B2N3O4. The number of anilines is 2. The van der Waals surface area contributed by atoms with Gasteiger partial charge >= 0.3 is 6.98 Å². The second-order valence-corrected chi connectivity index (χ2v) is 12.4. The molecular weight excluding hydrogens is 596 g/mol. The molecule has 0 radical (unpaired) electrons.